The van der Waals surface area contributed by atoms with Crippen LogP contribution in [-0.2, 0) is 11.3 Å². The first-order chi connectivity index (χ1) is 9.50. The lowest BCUT2D eigenvalue weighted by molar-refractivity contribution is -0.143. The number of nitrogens with zero attached hydrogens (tertiary/aromatic N) is 2. The molecule has 0 saturated carbocycles. The minimum atomic E-state index is -0.947. The molecule has 1 unspecified atom stereocenters. The summed E-state index contributed by atoms with van der Waals surface area (Å²) in [6.45, 7) is 4.36. The van der Waals surface area contributed by atoms with Crippen LogP contribution in [0.15, 0.2) is 4.52 Å². The van der Waals surface area contributed by atoms with Gasteiger partial charge in [0.15, 0.2) is 0 Å². The molecule has 0 bridgehead atoms. The molecule has 1 aliphatic rings. The maximum absolute atomic E-state index is 12.1. The molecular formula is C13H19N3O4. The predicted octanol–water partition coefficient (Wildman–Crippen LogP) is 1.44. The first-order valence-electron chi connectivity index (χ1n) is 6.69. The first-order valence-corrected chi connectivity index (χ1v) is 6.69. The number of nitrogens with one attached hydrogen (secondary N) is 1. The first kappa shape index (κ1) is 14.4. The van der Waals surface area contributed by atoms with Gasteiger partial charge in [-0.15, -0.1) is 0 Å². The Morgan fingerprint density at radius 1 is 1.45 bits per heavy atom. The van der Waals surface area contributed by atoms with Crippen molar-refractivity contribution in [2.45, 2.75) is 45.7 Å². The molecule has 0 aromatic carbocycles. The third kappa shape index (κ3) is 2.92. The molecule has 1 saturated heterocycles. The zero-order valence-electron chi connectivity index (χ0n) is 11.7. The van der Waals surface area contributed by atoms with Gasteiger partial charge in [0.1, 0.15) is 11.8 Å². The number of hydrogen-bond acceptors (Lipinski definition) is 4. The van der Waals surface area contributed by atoms with Gasteiger partial charge in [-0.1, -0.05) is 5.16 Å². The highest BCUT2D eigenvalue weighted by Crippen LogP contribution is 2.18. The summed E-state index contributed by atoms with van der Waals surface area (Å²) in [4.78, 5) is 24.7. The summed E-state index contributed by atoms with van der Waals surface area (Å²) in [7, 11) is 0. The molecule has 7 heteroatoms. The highest BCUT2D eigenvalue weighted by molar-refractivity contribution is 5.82. The molecule has 2 N–H and O–H groups in total. The van der Waals surface area contributed by atoms with Gasteiger partial charge in [-0.2, -0.15) is 0 Å². The molecule has 1 aromatic rings. The average molecular weight is 281 g/mol. The SMILES string of the molecule is Cc1noc(C)c1CNC(=O)N1CCCCC1C(=O)O. The van der Waals surface area contributed by atoms with E-state index in [9.17, 15) is 9.59 Å². The fourth-order valence-electron chi connectivity index (χ4n) is 2.45. The molecule has 20 heavy (non-hydrogen) atoms. The summed E-state index contributed by atoms with van der Waals surface area (Å²) in [5.41, 5.74) is 1.57. The quantitative estimate of drug-likeness (QED) is 0.874. The smallest absolute Gasteiger partial charge is 0.326 e. The van der Waals surface area contributed by atoms with Crippen molar-refractivity contribution < 1.29 is 19.2 Å². The van der Waals surface area contributed by atoms with Crippen molar-refractivity contribution in [3.63, 3.8) is 0 Å². The van der Waals surface area contributed by atoms with Crippen LogP contribution in [0.2, 0.25) is 0 Å². The maximum atomic E-state index is 12.1. The molecule has 2 heterocycles. The van der Waals surface area contributed by atoms with E-state index in [-0.39, 0.29) is 6.03 Å². The number of aliphatic carboxylic acids is 1. The van der Waals surface area contributed by atoms with Crippen LogP contribution in [0.4, 0.5) is 4.79 Å². The number of aryl methyl sites for hydroxylation is 2. The van der Waals surface area contributed by atoms with Gasteiger partial charge in [-0.3, -0.25) is 0 Å². The fourth-order valence-corrected chi connectivity index (χ4v) is 2.45. The molecule has 1 aliphatic heterocycles. The van der Waals surface area contributed by atoms with Gasteiger partial charge in [0, 0.05) is 18.7 Å². The summed E-state index contributed by atoms with van der Waals surface area (Å²) < 4.78 is 5.02. The zero-order chi connectivity index (χ0) is 14.7. The average Bonchev–Trinajstić information content (AvgIpc) is 2.75. The van der Waals surface area contributed by atoms with Crippen molar-refractivity contribution in [1.82, 2.24) is 15.4 Å². The standard InChI is InChI=1S/C13H19N3O4/c1-8-10(9(2)20-15-8)7-14-13(19)16-6-4-3-5-11(16)12(17)18/h11H,3-7H2,1-2H3,(H,14,19)(H,17,18). The number of rotatable bonds is 3. The van der Waals surface area contributed by atoms with Gasteiger partial charge in [0.05, 0.1) is 5.69 Å². The van der Waals surface area contributed by atoms with E-state index in [0.717, 1.165) is 24.1 Å². The van der Waals surface area contributed by atoms with Crippen LogP contribution in [0.25, 0.3) is 0 Å². The van der Waals surface area contributed by atoms with E-state index in [1.165, 1.54) is 4.90 Å². The number of carboxylic acids is 1. The number of carbonyl (C=O) groups excluding carboxylic acids is 1. The molecule has 0 radical (unpaired) electrons. The molecule has 0 aliphatic carbocycles. The van der Waals surface area contributed by atoms with Crippen LogP contribution in [0, 0.1) is 13.8 Å². The zero-order valence-corrected chi connectivity index (χ0v) is 11.7. The second-order valence-corrected chi connectivity index (χ2v) is 5.00. The summed E-state index contributed by atoms with van der Waals surface area (Å²) >= 11 is 0. The number of hydrogen-bond donors (Lipinski definition) is 2. The molecular weight excluding hydrogens is 262 g/mol. The number of aromatic nitrogens is 1. The van der Waals surface area contributed by atoms with Gasteiger partial charge in [-0.05, 0) is 33.1 Å². The van der Waals surface area contributed by atoms with Gasteiger partial charge in [0.2, 0.25) is 0 Å². The minimum Gasteiger partial charge on any atom is -0.480 e. The van der Waals surface area contributed by atoms with Crippen LogP contribution < -0.4 is 5.32 Å². The van der Waals surface area contributed by atoms with Crippen molar-refractivity contribution >= 4 is 12.0 Å². The Morgan fingerprint density at radius 3 is 2.80 bits per heavy atom. The topological polar surface area (TPSA) is 95.7 Å². The van der Waals surface area contributed by atoms with E-state index in [0.29, 0.717) is 25.3 Å². The Bertz CT molecular complexity index is 492. The number of carbonyl (C=O) groups is 2. The van der Waals surface area contributed by atoms with Crippen molar-refractivity contribution in [2.24, 2.45) is 0 Å². The number of carboxylic acid groups (broad SMARTS) is 1. The Balaban J connectivity index is 1.98. The maximum Gasteiger partial charge on any atom is 0.326 e. The third-order valence-corrected chi connectivity index (χ3v) is 3.65. The van der Waals surface area contributed by atoms with E-state index in [1.54, 1.807) is 13.8 Å². The summed E-state index contributed by atoms with van der Waals surface area (Å²) in [6.07, 6.45) is 2.18. The van der Waals surface area contributed by atoms with Crippen molar-refractivity contribution in [3.8, 4) is 0 Å². The highest BCUT2D eigenvalue weighted by Gasteiger charge is 2.31. The largest absolute Gasteiger partial charge is 0.480 e. The Morgan fingerprint density at radius 2 is 2.20 bits per heavy atom. The fraction of sp³-hybridized carbons (Fsp3) is 0.615. The monoisotopic (exact) mass is 281 g/mol. The van der Waals surface area contributed by atoms with Gasteiger partial charge >= 0.3 is 12.0 Å². The van der Waals surface area contributed by atoms with Crippen LogP contribution >= 0.6 is 0 Å². The van der Waals surface area contributed by atoms with Crippen molar-refractivity contribution in [2.75, 3.05) is 6.54 Å². The minimum absolute atomic E-state index is 0.294. The second kappa shape index (κ2) is 5.94. The number of likely N-dealkylation sites (tertiary alicyclic amines) is 1. The van der Waals surface area contributed by atoms with E-state index in [2.05, 4.69) is 10.5 Å². The van der Waals surface area contributed by atoms with Gasteiger partial charge < -0.3 is 19.8 Å². The predicted molar refractivity (Wildman–Crippen MR) is 70.2 cm³/mol. The molecule has 110 valence electrons. The number of urea groups is 1. The van der Waals surface area contributed by atoms with E-state index in [1.807, 2.05) is 0 Å². The molecule has 1 aromatic heterocycles. The van der Waals surface area contributed by atoms with E-state index >= 15 is 0 Å². The van der Waals surface area contributed by atoms with Gasteiger partial charge in [-0.25, -0.2) is 9.59 Å². The Kier molecular flexibility index (Phi) is 4.26. The third-order valence-electron chi connectivity index (χ3n) is 3.65. The van der Waals surface area contributed by atoms with Crippen LogP contribution in [0.3, 0.4) is 0 Å². The number of amides is 2. The van der Waals surface area contributed by atoms with Crippen LogP contribution in [-0.4, -0.2) is 39.8 Å². The Hall–Kier alpha value is -2.05. The lowest BCUT2D eigenvalue weighted by atomic mass is 10.0. The van der Waals surface area contributed by atoms with Crippen LogP contribution in [0.5, 0.6) is 0 Å². The molecule has 7 nitrogen and oxygen atoms in total. The second-order valence-electron chi connectivity index (χ2n) is 5.00. The lowest BCUT2D eigenvalue weighted by Crippen LogP contribution is -2.51. The molecule has 1 fully saturated rings. The normalized spacial score (nSPS) is 18.9. The van der Waals surface area contributed by atoms with E-state index in [4.69, 9.17) is 9.63 Å². The summed E-state index contributed by atoms with van der Waals surface area (Å²) in [5, 5.41) is 15.7. The van der Waals surface area contributed by atoms with Crippen LogP contribution in [0.1, 0.15) is 36.3 Å². The molecule has 2 rings (SSSR count). The molecule has 2 amide bonds. The summed E-state index contributed by atoms with van der Waals surface area (Å²) in [5.74, 6) is -0.284. The summed E-state index contributed by atoms with van der Waals surface area (Å²) in [6, 6.07) is -1.08. The number of piperidine rings is 1. The highest BCUT2D eigenvalue weighted by atomic mass is 16.5. The molecule has 1 atom stereocenters. The molecule has 0 spiro atoms. The Labute approximate surface area is 116 Å². The van der Waals surface area contributed by atoms with E-state index < -0.39 is 12.0 Å². The van der Waals surface area contributed by atoms with Gasteiger partial charge in [0.25, 0.3) is 0 Å². The lowest BCUT2D eigenvalue weighted by Gasteiger charge is -2.32. The van der Waals surface area contributed by atoms with Crippen molar-refractivity contribution in [1.29, 1.82) is 0 Å². The van der Waals surface area contributed by atoms with Crippen molar-refractivity contribution in [3.05, 3.63) is 17.0 Å².